The molecular formula is C15H16FNO2S2. The predicted octanol–water partition coefficient (Wildman–Crippen LogP) is 3.14. The standard InChI is InChI=1S/C15H16FNO2S2/c1-10-6-7-20-15(10)13(18)8-17-14(19)9-21-12-4-2-11(16)3-5-12/h2-7,13,18H,8-9H2,1H3,(H,17,19)/t13-/m1/s1. The number of thioether (sulfide) groups is 1. The van der Waals surface area contributed by atoms with Gasteiger partial charge in [0.1, 0.15) is 11.9 Å². The number of aliphatic hydroxyl groups is 1. The van der Waals surface area contributed by atoms with E-state index in [1.54, 1.807) is 12.1 Å². The molecule has 1 aromatic heterocycles. The lowest BCUT2D eigenvalue weighted by atomic mass is 10.2. The molecule has 1 heterocycles. The van der Waals surface area contributed by atoms with Crippen molar-refractivity contribution in [1.82, 2.24) is 5.32 Å². The van der Waals surface area contributed by atoms with Crippen LogP contribution in [0.25, 0.3) is 0 Å². The molecule has 1 amide bonds. The van der Waals surface area contributed by atoms with E-state index in [2.05, 4.69) is 5.32 Å². The van der Waals surface area contributed by atoms with Gasteiger partial charge in [0.15, 0.2) is 0 Å². The minimum Gasteiger partial charge on any atom is -0.386 e. The summed E-state index contributed by atoms with van der Waals surface area (Å²) in [6.45, 7) is 2.13. The molecule has 2 N–H and O–H groups in total. The first-order valence-corrected chi connectivity index (χ1v) is 8.30. The zero-order chi connectivity index (χ0) is 15.2. The third-order valence-electron chi connectivity index (χ3n) is 2.88. The fourth-order valence-corrected chi connectivity index (χ4v) is 3.40. The Morgan fingerprint density at radius 2 is 2.10 bits per heavy atom. The number of carbonyl (C=O) groups excluding carboxylic acids is 1. The molecule has 0 radical (unpaired) electrons. The largest absolute Gasteiger partial charge is 0.386 e. The number of aryl methyl sites for hydroxylation is 1. The van der Waals surface area contributed by atoms with E-state index in [0.29, 0.717) is 0 Å². The Hall–Kier alpha value is -1.37. The molecule has 0 aliphatic heterocycles. The van der Waals surface area contributed by atoms with Crippen molar-refractivity contribution >= 4 is 29.0 Å². The van der Waals surface area contributed by atoms with Gasteiger partial charge in [-0.05, 0) is 48.2 Å². The summed E-state index contributed by atoms with van der Waals surface area (Å²) in [4.78, 5) is 13.4. The lowest BCUT2D eigenvalue weighted by Crippen LogP contribution is -2.29. The van der Waals surface area contributed by atoms with Crippen molar-refractivity contribution in [2.24, 2.45) is 0 Å². The molecule has 0 aliphatic carbocycles. The molecule has 21 heavy (non-hydrogen) atoms. The third-order valence-corrected chi connectivity index (χ3v) is 5.01. The van der Waals surface area contributed by atoms with Gasteiger partial charge < -0.3 is 10.4 Å². The van der Waals surface area contributed by atoms with Gasteiger partial charge in [-0.1, -0.05) is 0 Å². The number of hydrogen-bond donors (Lipinski definition) is 2. The summed E-state index contributed by atoms with van der Waals surface area (Å²) in [5, 5.41) is 14.6. The van der Waals surface area contributed by atoms with Gasteiger partial charge in [-0.2, -0.15) is 0 Å². The van der Waals surface area contributed by atoms with Crippen molar-refractivity contribution in [1.29, 1.82) is 0 Å². The average molecular weight is 325 g/mol. The maximum atomic E-state index is 12.7. The van der Waals surface area contributed by atoms with Gasteiger partial charge in [-0.25, -0.2) is 4.39 Å². The Balaban J connectivity index is 1.75. The maximum absolute atomic E-state index is 12.7. The lowest BCUT2D eigenvalue weighted by molar-refractivity contribution is -0.119. The molecule has 2 rings (SSSR count). The molecule has 0 saturated heterocycles. The van der Waals surface area contributed by atoms with E-state index in [1.165, 1.54) is 35.2 Å². The third kappa shape index (κ3) is 4.84. The van der Waals surface area contributed by atoms with E-state index in [-0.39, 0.29) is 24.0 Å². The van der Waals surface area contributed by atoms with Gasteiger partial charge in [0.25, 0.3) is 0 Å². The fraction of sp³-hybridized carbons (Fsp3) is 0.267. The number of thiophene rings is 1. The van der Waals surface area contributed by atoms with Crippen LogP contribution in [-0.4, -0.2) is 23.3 Å². The van der Waals surface area contributed by atoms with Crippen molar-refractivity contribution in [2.75, 3.05) is 12.3 Å². The Morgan fingerprint density at radius 3 is 2.71 bits per heavy atom. The van der Waals surface area contributed by atoms with Crippen molar-refractivity contribution in [3.63, 3.8) is 0 Å². The van der Waals surface area contributed by atoms with Crippen LogP contribution < -0.4 is 5.32 Å². The van der Waals surface area contributed by atoms with Gasteiger partial charge in [-0.15, -0.1) is 23.1 Å². The minimum absolute atomic E-state index is 0.155. The number of rotatable bonds is 6. The van der Waals surface area contributed by atoms with E-state index in [0.717, 1.165) is 15.3 Å². The van der Waals surface area contributed by atoms with Crippen molar-refractivity contribution in [3.8, 4) is 0 Å². The normalized spacial score (nSPS) is 12.1. The topological polar surface area (TPSA) is 49.3 Å². The molecule has 0 unspecified atom stereocenters. The van der Waals surface area contributed by atoms with Crippen LogP contribution in [0.15, 0.2) is 40.6 Å². The van der Waals surface area contributed by atoms with Crippen molar-refractivity contribution in [2.45, 2.75) is 17.9 Å². The highest BCUT2D eigenvalue weighted by Gasteiger charge is 2.13. The van der Waals surface area contributed by atoms with E-state index in [4.69, 9.17) is 0 Å². The maximum Gasteiger partial charge on any atom is 0.230 e. The van der Waals surface area contributed by atoms with Gasteiger partial charge in [-0.3, -0.25) is 4.79 Å². The van der Waals surface area contributed by atoms with Crippen LogP contribution >= 0.6 is 23.1 Å². The van der Waals surface area contributed by atoms with Crippen LogP contribution in [0.1, 0.15) is 16.5 Å². The van der Waals surface area contributed by atoms with Crippen LogP contribution in [0.3, 0.4) is 0 Å². The van der Waals surface area contributed by atoms with Crippen LogP contribution in [0.4, 0.5) is 4.39 Å². The van der Waals surface area contributed by atoms with Crippen LogP contribution in [0.5, 0.6) is 0 Å². The second kappa shape index (κ2) is 7.59. The summed E-state index contributed by atoms with van der Waals surface area (Å²) in [6, 6.07) is 7.94. The Labute approximate surface area is 131 Å². The van der Waals surface area contributed by atoms with E-state index < -0.39 is 6.10 Å². The molecule has 3 nitrogen and oxygen atoms in total. The number of benzene rings is 1. The fourth-order valence-electron chi connectivity index (χ4n) is 1.76. The number of aliphatic hydroxyl groups excluding tert-OH is 1. The number of carbonyl (C=O) groups is 1. The zero-order valence-corrected chi connectivity index (χ0v) is 13.1. The smallest absolute Gasteiger partial charge is 0.230 e. The molecule has 0 fully saturated rings. The lowest BCUT2D eigenvalue weighted by Gasteiger charge is -2.11. The molecule has 6 heteroatoms. The highest BCUT2D eigenvalue weighted by Crippen LogP contribution is 2.23. The first-order chi connectivity index (χ1) is 10.1. The SMILES string of the molecule is Cc1ccsc1[C@H](O)CNC(=O)CSc1ccc(F)cc1. The second-order valence-corrected chi connectivity index (χ2v) is 6.53. The van der Waals surface area contributed by atoms with E-state index in [9.17, 15) is 14.3 Å². The van der Waals surface area contributed by atoms with Gasteiger partial charge >= 0.3 is 0 Å². The molecule has 112 valence electrons. The van der Waals surface area contributed by atoms with Crippen LogP contribution in [0, 0.1) is 12.7 Å². The molecule has 0 saturated carbocycles. The molecular weight excluding hydrogens is 309 g/mol. The zero-order valence-electron chi connectivity index (χ0n) is 11.5. The van der Waals surface area contributed by atoms with Crippen molar-refractivity contribution in [3.05, 3.63) is 52.0 Å². The molecule has 1 aromatic carbocycles. The number of halogens is 1. The van der Waals surface area contributed by atoms with Crippen LogP contribution in [-0.2, 0) is 4.79 Å². The van der Waals surface area contributed by atoms with E-state index in [1.807, 2.05) is 18.4 Å². The Morgan fingerprint density at radius 1 is 1.38 bits per heavy atom. The average Bonchev–Trinajstić information content (AvgIpc) is 2.90. The summed E-state index contributed by atoms with van der Waals surface area (Å²) < 4.78 is 12.7. The molecule has 2 aromatic rings. The number of hydrogen-bond acceptors (Lipinski definition) is 4. The number of amides is 1. The summed E-state index contributed by atoms with van der Waals surface area (Å²) >= 11 is 2.81. The summed E-state index contributed by atoms with van der Waals surface area (Å²) in [5.41, 5.74) is 1.03. The summed E-state index contributed by atoms with van der Waals surface area (Å²) in [7, 11) is 0. The second-order valence-electron chi connectivity index (χ2n) is 4.53. The van der Waals surface area contributed by atoms with Gasteiger partial charge in [0, 0.05) is 16.3 Å². The first kappa shape index (κ1) is 16.0. The predicted molar refractivity (Wildman–Crippen MR) is 84.1 cm³/mol. The highest BCUT2D eigenvalue weighted by atomic mass is 32.2. The van der Waals surface area contributed by atoms with Crippen molar-refractivity contribution < 1.29 is 14.3 Å². The van der Waals surface area contributed by atoms with Gasteiger partial charge in [0.05, 0.1) is 5.75 Å². The molecule has 0 spiro atoms. The number of nitrogens with one attached hydrogen (secondary N) is 1. The minimum atomic E-state index is -0.676. The highest BCUT2D eigenvalue weighted by molar-refractivity contribution is 8.00. The summed E-state index contributed by atoms with van der Waals surface area (Å²) in [5.74, 6) is -0.210. The quantitative estimate of drug-likeness (QED) is 0.802. The van der Waals surface area contributed by atoms with Crippen LogP contribution in [0.2, 0.25) is 0 Å². The monoisotopic (exact) mass is 325 g/mol. The molecule has 1 atom stereocenters. The molecule has 0 bridgehead atoms. The van der Waals surface area contributed by atoms with E-state index >= 15 is 0 Å². The Bertz CT molecular complexity index is 598. The molecule has 0 aliphatic rings. The Kier molecular flexibility index (Phi) is 5.78. The van der Waals surface area contributed by atoms with Gasteiger partial charge in [0.2, 0.25) is 5.91 Å². The first-order valence-electron chi connectivity index (χ1n) is 6.43. The summed E-state index contributed by atoms with van der Waals surface area (Å²) in [6.07, 6.45) is -0.676.